The minimum atomic E-state index is -0.533. The molecule has 2 aromatic heterocycles. The first kappa shape index (κ1) is 18.8. The van der Waals surface area contributed by atoms with Gasteiger partial charge in [0.1, 0.15) is 12.0 Å². The average molecular weight is 330 g/mol. The maximum Gasteiger partial charge on any atom is 0.241 e. The van der Waals surface area contributed by atoms with Gasteiger partial charge in [-0.15, -0.1) is 0 Å². The Kier molecular flexibility index (Phi) is 7.63. The summed E-state index contributed by atoms with van der Waals surface area (Å²) in [5, 5.41) is 13.8. The van der Waals surface area contributed by atoms with Crippen LogP contribution in [0.4, 0.5) is 0 Å². The lowest BCUT2D eigenvalue weighted by Gasteiger charge is -1.98. The molecule has 4 N–H and O–H groups in total. The van der Waals surface area contributed by atoms with Crippen LogP contribution in [0, 0.1) is 6.92 Å². The molecule has 0 aliphatic carbocycles. The largest absolute Gasteiger partial charge is 0.366 e. The smallest absolute Gasteiger partial charge is 0.241 e. The van der Waals surface area contributed by atoms with Crippen LogP contribution in [0.1, 0.15) is 33.7 Å². The van der Waals surface area contributed by atoms with Crippen molar-refractivity contribution in [2.24, 2.45) is 5.73 Å². The zero-order valence-electron chi connectivity index (χ0n) is 14.1. The topological polar surface area (TPSA) is 113 Å². The van der Waals surface area contributed by atoms with Crippen molar-refractivity contribution in [3.63, 3.8) is 0 Å². The Balaban J connectivity index is 0. The highest BCUT2D eigenvalue weighted by Gasteiger charge is 2.10. The van der Waals surface area contributed by atoms with Gasteiger partial charge < -0.3 is 5.73 Å². The number of carbonyl (C=O) groups is 1. The van der Waals surface area contributed by atoms with Crippen LogP contribution in [-0.4, -0.2) is 31.3 Å². The molecule has 0 bridgehead atoms. The monoisotopic (exact) mass is 330 g/mol. The van der Waals surface area contributed by atoms with Crippen LogP contribution >= 0.6 is 0 Å². The summed E-state index contributed by atoms with van der Waals surface area (Å²) < 4.78 is 0. The molecular formula is C17H26N6O. The van der Waals surface area contributed by atoms with Gasteiger partial charge in [-0.2, -0.15) is 10.2 Å². The van der Waals surface area contributed by atoms with Crippen LogP contribution in [0.15, 0.2) is 37.3 Å². The zero-order chi connectivity index (χ0) is 17.9. The molecule has 2 heterocycles. The first-order valence-corrected chi connectivity index (χ1v) is 7.50. The van der Waals surface area contributed by atoms with Crippen molar-refractivity contribution in [1.29, 1.82) is 0 Å². The zero-order valence-corrected chi connectivity index (χ0v) is 14.1. The number of primary amides is 1. The molecule has 0 aliphatic rings. The number of rotatable bonds is 4. The standard InChI is InChI=1S/C15H16N6O.C2H6.2H2/c1-3-13-12(4-5-14(16)22)15(21-20-13)11-6-7-18-19-9-17-10(2)8-11;1-2;;/h3-9,18H,1H2,2H3,(H2,16,22)(H,20,21);1-2H3;2*1H/b5-4+,7-6?,11-8?,17-10?,19-9?;;;. The molecule has 0 aromatic carbocycles. The lowest BCUT2D eigenvalue weighted by molar-refractivity contribution is -0.113. The van der Waals surface area contributed by atoms with Crippen LogP contribution in [0.3, 0.4) is 0 Å². The molecule has 0 fully saturated rings. The van der Waals surface area contributed by atoms with Gasteiger partial charge in [-0.25, -0.2) is 4.98 Å². The highest BCUT2D eigenvalue weighted by Crippen LogP contribution is 2.25. The third-order valence-corrected chi connectivity index (χ3v) is 2.82. The van der Waals surface area contributed by atoms with Crippen LogP contribution in [0.5, 0.6) is 0 Å². The van der Waals surface area contributed by atoms with E-state index in [0.717, 1.165) is 16.8 Å². The van der Waals surface area contributed by atoms with Gasteiger partial charge >= 0.3 is 0 Å². The van der Waals surface area contributed by atoms with Gasteiger partial charge in [0.2, 0.25) is 5.91 Å². The van der Waals surface area contributed by atoms with Crippen molar-refractivity contribution in [1.82, 2.24) is 25.4 Å². The fourth-order valence-corrected chi connectivity index (χ4v) is 1.86. The third-order valence-electron chi connectivity index (χ3n) is 2.82. The number of aryl methyl sites for hydroxylation is 1. The molecule has 130 valence electrons. The van der Waals surface area contributed by atoms with E-state index in [2.05, 4.69) is 32.0 Å². The summed E-state index contributed by atoms with van der Waals surface area (Å²) in [4.78, 5) is 15.1. The lowest BCUT2D eigenvalue weighted by Crippen LogP contribution is -2.05. The second kappa shape index (κ2) is 9.73. The van der Waals surface area contributed by atoms with E-state index in [4.69, 9.17) is 5.73 Å². The normalized spacial score (nSPS) is 9.79. The Hall–Kier alpha value is -3.22. The Morgan fingerprint density at radius 3 is 2.83 bits per heavy atom. The molecule has 2 aromatic rings. The molecule has 0 saturated carbocycles. The Labute approximate surface area is 144 Å². The number of aromatic nitrogens is 5. The molecule has 0 aliphatic heterocycles. The van der Waals surface area contributed by atoms with Crippen molar-refractivity contribution in [3.8, 4) is 11.3 Å². The average Bonchev–Trinajstić information content (AvgIpc) is 3.02. The van der Waals surface area contributed by atoms with Crippen molar-refractivity contribution >= 4 is 18.1 Å². The maximum atomic E-state index is 11.0. The molecule has 24 heavy (non-hydrogen) atoms. The molecule has 0 atom stereocenters. The van der Waals surface area contributed by atoms with Crippen molar-refractivity contribution in [2.75, 3.05) is 0 Å². The molecule has 2 rings (SSSR count). The predicted molar refractivity (Wildman–Crippen MR) is 100 cm³/mol. The summed E-state index contributed by atoms with van der Waals surface area (Å²) in [6, 6.07) is 3.67. The number of hydrogen-bond acceptors (Lipinski definition) is 4. The minimum Gasteiger partial charge on any atom is -0.366 e. The van der Waals surface area contributed by atoms with E-state index in [-0.39, 0.29) is 2.85 Å². The van der Waals surface area contributed by atoms with E-state index in [1.807, 2.05) is 32.9 Å². The number of nitrogens with one attached hydrogen (secondary N) is 2. The van der Waals surface area contributed by atoms with E-state index in [9.17, 15) is 4.79 Å². The SMILES string of the molecule is C=Cc1[nH]nc(-c2cc[nH]ncnc(C)c2)c1/C=C/C(N)=O.CC.[HH].[HH]. The van der Waals surface area contributed by atoms with Gasteiger partial charge in [0, 0.05) is 31.9 Å². The molecule has 0 radical (unpaired) electrons. The fraction of sp³-hybridized carbons (Fsp3) is 0.176. The first-order chi connectivity index (χ1) is 11.6. The quantitative estimate of drug-likeness (QED) is 0.746. The number of aromatic amines is 2. The number of nitrogens with two attached hydrogens (primary N) is 1. The minimum absolute atomic E-state index is 0. The summed E-state index contributed by atoms with van der Waals surface area (Å²) in [6.45, 7) is 9.58. The number of H-pyrrole nitrogens is 2. The highest BCUT2D eigenvalue weighted by molar-refractivity contribution is 5.92. The summed E-state index contributed by atoms with van der Waals surface area (Å²) >= 11 is 0. The van der Waals surface area contributed by atoms with Gasteiger partial charge in [0.25, 0.3) is 0 Å². The van der Waals surface area contributed by atoms with Gasteiger partial charge in [-0.3, -0.25) is 15.0 Å². The lowest BCUT2D eigenvalue weighted by atomic mass is 10.1. The summed E-state index contributed by atoms with van der Waals surface area (Å²) in [7, 11) is 0. The van der Waals surface area contributed by atoms with E-state index in [1.165, 1.54) is 12.4 Å². The molecule has 7 heteroatoms. The van der Waals surface area contributed by atoms with E-state index < -0.39 is 5.91 Å². The second-order valence-electron chi connectivity index (χ2n) is 4.42. The van der Waals surface area contributed by atoms with Crippen LogP contribution in [0.25, 0.3) is 23.4 Å². The third kappa shape index (κ3) is 5.20. The van der Waals surface area contributed by atoms with Crippen LogP contribution in [0.2, 0.25) is 0 Å². The maximum absolute atomic E-state index is 11.0. The second-order valence-corrected chi connectivity index (χ2v) is 4.42. The number of amides is 1. The predicted octanol–water partition coefficient (Wildman–Crippen LogP) is 3.29. The van der Waals surface area contributed by atoms with Gasteiger partial charge in [-0.1, -0.05) is 20.4 Å². The molecule has 7 nitrogen and oxygen atoms in total. The van der Waals surface area contributed by atoms with E-state index >= 15 is 0 Å². The number of hydrogen-bond donors (Lipinski definition) is 3. The summed E-state index contributed by atoms with van der Waals surface area (Å²) in [6.07, 6.45) is 7.60. The molecular weight excluding hydrogens is 304 g/mol. The highest BCUT2D eigenvalue weighted by atomic mass is 16.1. The fourth-order valence-electron chi connectivity index (χ4n) is 1.86. The van der Waals surface area contributed by atoms with Crippen molar-refractivity contribution in [2.45, 2.75) is 20.8 Å². The number of carbonyl (C=O) groups excluding carboxylic acids is 1. The van der Waals surface area contributed by atoms with Gasteiger partial charge in [0.15, 0.2) is 0 Å². The molecule has 1 amide bonds. The van der Waals surface area contributed by atoms with Crippen molar-refractivity contribution < 1.29 is 7.65 Å². The van der Waals surface area contributed by atoms with Crippen LogP contribution < -0.4 is 5.73 Å². The Bertz CT molecular complexity index is 781. The molecule has 0 saturated heterocycles. The first-order valence-electron chi connectivity index (χ1n) is 7.50. The van der Waals surface area contributed by atoms with Crippen LogP contribution in [-0.2, 0) is 4.79 Å². The molecule has 0 spiro atoms. The summed E-state index contributed by atoms with van der Waals surface area (Å²) in [5.74, 6) is -0.533. The Morgan fingerprint density at radius 2 is 2.17 bits per heavy atom. The van der Waals surface area contributed by atoms with Crippen molar-refractivity contribution in [3.05, 3.63) is 54.3 Å². The van der Waals surface area contributed by atoms with E-state index in [0.29, 0.717) is 11.4 Å². The van der Waals surface area contributed by atoms with Gasteiger partial charge in [0.05, 0.1) is 5.69 Å². The summed E-state index contributed by atoms with van der Waals surface area (Å²) in [5.41, 5.74) is 8.79. The van der Waals surface area contributed by atoms with E-state index in [1.54, 1.807) is 18.3 Å². The molecule has 0 unspecified atom stereocenters. The Morgan fingerprint density at radius 1 is 1.42 bits per heavy atom. The number of nitrogens with zero attached hydrogens (tertiary/aromatic N) is 3. The van der Waals surface area contributed by atoms with Gasteiger partial charge in [-0.05, 0) is 31.2 Å².